The summed E-state index contributed by atoms with van der Waals surface area (Å²) in [6.07, 6.45) is 0. The number of phenols is 1. The number of rotatable bonds is 3. The highest BCUT2D eigenvalue weighted by Crippen LogP contribution is 2.41. The van der Waals surface area contributed by atoms with E-state index in [0.29, 0.717) is 16.6 Å². The molecular formula is C17H24F2OSi. The average molecular weight is 310 g/mol. The molecule has 0 aromatic heterocycles. The van der Waals surface area contributed by atoms with Crippen LogP contribution in [0.2, 0.25) is 16.6 Å². The van der Waals surface area contributed by atoms with Crippen LogP contribution in [0, 0.1) is 23.1 Å². The minimum absolute atomic E-state index is 0.102. The van der Waals surface area contributed by atoms with Crippen LogP contribution in [-0.4, -0.2) is 13.2 Å². The van der Waals surface area contributed by atoms with Crippen LogP contribution in [0.15, 0.2) is 12.1 Å². The van der Waals surface area contributed by atoms with Crippen molar-refractivity contribution >= 4 is 8.07 Å². The quantitative estimate of drug-likeness (QED) is 0.598. The monoisotopic (exact) mass is 310 g/mol. The van der Waals surface area contributed by atoms with Crippen molar-refractivity contribution in [3.63, 3.8) is 0 Å². The molecule has 0 spiro atoms. The molecule has 0 radical (unpaired) electrons. The minimum atomic E-state index is -2.00. The van der Waals surface area contributed by atoms with Gasteiger partial charge in [0.2, 0.25) is 0 Å². The van der Waals surface area contributed by atoms with Gasteiger partial charge >= 0.3 is 0 Å². The molecule has 1 nitrogen and oxygen atoms in total. The summed E-state index contributed by atoms with van der Waals surface area (Å²) >= 11 is 0. The third-order valence-electron chi connectivity index (χ3n) is 4.30. The van der Waals surface area contributed by atoms with Crippen molar-refractivity contribution in [3.8, 4) is 17.2 Å². The molecule has 1 aromatic carbocycles. The van der Waals surface area contributed by atoms with E-state index in [1.807, 2.05) is 0 Å². The Labute approximate surface area is 127 Å². The molecule has 4 heteroatoms. The molecule has 0 bridgehead atoms. The van der Waals surface area contributed by atoms with Crippen molar-refractivity contribution in [1.82, 2.24) is 0 Å². The predicted octanol–water partition coefficient (Wildman–Crippen LogP) is 5.24. The molecule has 0 saturated heterocycles. The molecule has 0 amide bonds. The molecule has 116 valence electrons. The van der Waals surface area contributed by atoms with Gasteiger partial charge in [-0.15, -0.1) is 5.54 Å². The fourth-order valence-corrected chi connectivity index (χ4v) is 8.50. The van der Waals surface area contributed by atoms with Crippen molar-refractivity contribution in [1.29, 1.82) is 0 Å². The maximum Gasteiger partial charge on any atom is 0.146 e. The van der Waals surface area contributed by atoms with E-state index in [9.17, 15) is 13.9 Å². The first-order chi connectivity index (χ1) is 9.62. The van der Waals surface area contributed by atoms with E-state index in [-0.39, 0.29) is 5.56 Å². The zero-order valence-electron chi connectivity index (χ0n) is 13.6. The SMILES string of the molecule is CC(C)[Si](C#Cc1c(O)cc(F)cc1F)(C(C)C)C(C)C. The van der Waals surface area contributed by atoms with Crippen molar-refractivity contribution in [2.75, 3.05) is 0 Å². The lowest BCUT2D eigenvalue weighted by Crippen LogP contribution is -2.43. The van der Waals surface area contributed by atoms with Crippen LogP contribution in [0.3, 0.4) is 0 Å². The van der Waals surface area contributed by atoms with Crippen LogP contribution in [0.1, 0.15) is 47.1 Å². The molecule has 1 N–H and O–H groups in total. The van der Waals surface area contributed by atoms with Crippen LogP contribution >= 0.6 is 0 Å². The van der Waals surface area contributed by atoms with Crippen LogP contribution in [-0.2, 0) is 0 Å². The fourth-order valence-electron chi connectivity index (χ4n) is 3.29. The summed E-state index contributed by atoms with van der Waals surface area (Å²) in [4.78, 5) is 0. The zero-order valence-corrected chi connectivity index (χ0v) is 14.6. The Morgan fingerprint density at radius 2 is 1.43 bits per heavy atom. The molecule has 0 saturated carbocycles. The van der Waals surface area contributed by atoms with Crippen molar-refractivity contribution < 1.29 is 13.9 Å². The van der Waals surface area contributed by atoms with Gasteiger partial charge in [-0.1, -0.05) is 47.5 Å². The highest BCUT2D eigenvalue weighted by Gasteiger charge is 2.41. The smallest absolute Gasteiger partial charge is 0.146 e. The molecule has 0 aliphatic rings. The summed E-state index contributed by atoms with van der Waals surface area (Å²) in [6.45, 7) is 12.9. The zero-order chi connectivity index (χ0) is 16.4. The minimum Gasteiger partial charge on any atom is -0.506 e. The normalized spacial score (nSPS) is 12.0. The van der Waals surface area contributed by atoms with E-state index < -0.39 is 25.5 Å². The van der Waals surface area contributed by atoms with Crippen molar-refractivity contribution in [2.45, 2.75) is 58.2 Å². The second-order valence-corrected chi connectivity index (χ2v) is 12.0. The third-order valence-corrected chi connectivity index (χ3v) is 10.6. The number of halogens is 2. The lowest BCUT2D eigenvalue weighted by atomic mass is 10.2. The van der Waals surface area contributed by atoms with E-state index >= 15 is 0 Å². The average Bonchev–Trinajstić information content (AvgIpc) is 2.30. The number of phenolic OH excluding ortho intramolecular Hbond substituents is 1. The van der Waals surface area contributed by atoms with Crippen LogP contribution in [0.25, 0.3) is 0 Å². The summed E-state index contributed by atoms with van der Waals surface area (Å²) in [6, 6.07) is 1.66. The van der Waals surface area contributed by atoms with Crippen molar-refractivity contribution in [2.24, 2.45) is 0 Å². The van der Waals surface area contributed by atoms with Crippen LogP contribution in [0.5, 0.6) is 5.75 Å². The first-order valence-corrected chi connectivity index (χ1v) is 9.57. The van der Waals surface area contributed by atoms with Gasteiger partial charge < -0.3 is 5.11 Å². The Morgan fingerprint density at radius 3 is 1.81 bits per heavy atom. The predicted molar refractivity (Wildman–Crippen MR) is 85.9 cm³/mol. The number of aromatic hydroxyl groups is 1. The van der Waals surface area contributed by atoms with E-state index in [1.54, 1.807) is 0 Å². The Balaban J connectivity index is 3.43. The maximum absolute atomic E-state index is 13.8. The molecule has 0 heterocycles. The van der Waals surface area contributed by atoms with Crippen molar-refractivity contribution in [3.05, 3.63) is 29.3 Å². The lowest BCUT2D eigenvalue weighted by Gasteiger charge is -2.38. The van der Waals surface area contributed by atoms with E-state index in [2.05, 4.69) is 53.0 Å². The first-order valence-electron chi connectivity index (χ1n) is 7.34. The van der Waals surface area contributed by atoms with Gasteiger partial charge in [-0.3, -0.25) is 0 Å². The first kappa shape index (κ1) is 17.7. The third kappa shape index (κ3) is 3.46. The fraction of sp³-hybridized carbons (Fsp3) is 0.529. The van der Waals surface area contributed by atoms with Gasteiger partial charge in [-0.05, 0) is 16.6 Å². The summed E-state index contributed by atoms with van der Waals surface area (Å²) < 4.78 is 26.8. The second-order valence-electron chi connectivity index (χ2n) is 6.43. The highest BCUT2D eigenvalue weighted by atomic mass is 28.3. The van der Waals surface area contributed by atoms with Gasteiger partial charge in [0.15, 0.2) is 0 Å². The van der Waals surface area contributed by atoms with Gasteiger partial charge in [-0.2, -0.15) is 0 Å². The Kier molecular flexibility index (Phi) is 5.58. The number of hydrogen-bond acceptors (Lipinski definition) is 1. The Bertz CT molecular complexity index is 523. The number of hydrogen-bond donors (Lipinski definition) is 1. The largest absolute Gasteiger partial charge is 0.506 e. The summed E-state index contributed by atoms with van der Waals surface area (Å²) in [5, 5.41) is 9.72. The molecule has 0 aliphatic carbocycles. The molecule has 1 aromatic rings. The second kappa shape index (κ2) is 6.61. The summed E-state index contributed by atoms with van der Waals surface area (Å²) in [5.41, 5.74) is 4.45. The molecule has 1 rings (SSSR count). The molecule has 0 atom stereocenters. The number of benzene rings is 1. The Hall–Kier alpha value is -1.34. The topological polar surface area (TPSA) is 20.2 Å². The van der Waals surface area contributed by atoms with Crippen LogP contribution < -0.4 is 0 Å². The lowest BCUT2D eigenvalue weighted by molar-refractivity contribution is 0.458. The van der Waals surface area contributed by atoms with Gasteiger partial charge in [0.05, 0.1) is 0 Å². The molecule has 0 fully saturated rings. The van der Waals surface area contributed by atoms with Gasteiger partial charge in [0.1, 0.15) is 31.0 Å². The summed E-state index contributed by atoms with van der Waals surface area (Å²) in [7, 11) is -2.00. The van der Waals surface area contributed by atoms with E-state index in [4.69, 9.17) is 0 Å². The molecule has 0 aliphatic heterocycles. The molecular weight excluding hydrogens is 286 g/mol. The maximum atomic E-state index is 13.8. The Morgan fingerprint density at radius 1 is 0.952 bits per heavy atom. The van der Waals surface area contributed by atoms with Gasteiger partial charge in [-0.25, -0.2) is 8.78 Å². The van der Waals surface area contributed by atoms with E-state index in [0.717, 1.165) is 12.1 Å². The van der Waals surface area contributed by atoms with E-state index in [1.165, 1.54) is 0 Å². The van der Waals surface area contributed by atoms with Gasteiger partial charge in [0, 0.05) is 12.1 Å². The molecule has 21 heavy (non-hydrogen) atoms. The standard InChI is InChI=1S/C17H24F2OSi/c1-11(2)21(12(3)4,13(5)6)8-7-15-16(19)9-14(18)10-17(15)20/h9-13,20H,1-6H3. The van der Waals surface area contributed by atoms with Crippen LogP contribution in [0.4, 0.5) is 8.78 Å². The summed E-state index contributed by atoms with van der Waals surface area (Å²) in [5.74, 6) is 0.780. The van der Waals surface area contributed by atoms with Gasteiger partial charge in [0.25, 0.3) is 0 Å². The molecule has 0 unspecified atom stereocenters. The highest BCUT2D eigenvalue weighted by molar-refractivity contribution is 6.90.